The van der Waals surface area contributed by atoms with Crippen LogP contribution >= 0.6 is 23.7 Å². The molecule has 5 rings (SSSR count). The summed E-state index contributed by atoms with van der Waals surface area (Å²) < 4.78 is 10.7. The molecule has 1 aromatic carbocycles. The highest BCUT2D eigenvalue weighted by atomic mass is 35.5. The highest BCUT2D eigenvalue weighted by Gasteiger charge is 2.25. The number of aliphatic hydroxyl groups is 1. The van der Waals surface area contributed by atoms with Crippen LogP contribution in [0.1, 0.15) is 24.5 Å². The first-order valence-corrected chi connectivity index (χ1v) is 12.8. The van der Waals surface area contributed by atoms with Gasteiger partial charge in [-0.05, 0) is 67.8 Å². The van der Waals surface area contributed by atoms with Crippen molar-refractivity contribution in [3.63, 3.8) is 0 Å². The van der Waals surface area contributed by atoms with Crippen molar-refractivity contribution in [2.24, 2.45) is 5.92 Å². The smallest absolute Gasteiger partial charge is 0.119 e. The van der Waals surface area contributed by atoms with Crippen LogP contribution in [0.25, 0.3) is 10.9 Å². The van der Waals surface area contributed by atoms with Crippen molar-refractivity contribution in [3.8, 4) is 5.75 Å². The van der Waals surface area contributed by atoms with Crippen LogP contribution in [0.3, 0.4) is 0 Å². The van der Waals surface area contributed by atoms with E-state index in [9.17, 15) is 5.11 Å². The average molecular weight is 500 g/mol. The van der Waals surface area contributed by atoms with Gasteiger partial charge < -0.3 is 24.8 Å². The standard InChI is InChI=1S/C25H30ClN5O2S/c1-33-20-4-5-23-21(10-20)25(22(26)14-28-23)24(32)16-30-7-2-3-18(15-30)12-27-11-17-6-8-31-19(9-17)13-29-34-31/h4-6,8-10,13-14,18,24,27,29,32H,2-3,7,11-12,15-16H2,1H3. The largest absolute Gasteiger partial charge is 0.497 e. The highest BCUT2D eigenvalue weighted by molar-refractivity contribution is 7.95. The molecule has 0 radical (unpaired) electrons. The summed E-state index contributed by atoms with van der Waals surface area (Å²) >= 11 is 8.08. The van der Waals surface area contributed by atoms with E-state index in [1.165, 1.54) is 17.7 Å². The summed E-state index contributed by atoms with van der Waals surface area (Å²) in [4.78, 5) is 6.76. The zero-order valence-corrected chi connectivity index (χ0v) is 20.8. The van der Waals surface area contributed by atoms with Crippen LogP contribution in [0.5, 0.6) is 5.75 Å². The summed E-state index contributed by atoms with van der Waals surface area (Å²) in [6, 6.07) is 5.67. The Morgan fingerprint density at radius 2 is 2.32 bits per heavy atom. The number of methoxy groups -OCH3 is 1. The molecule has 3 aliphatic rings. The molecule has 1 saturated heterocycles. The number of β-amino-alcohol motifs (C(OH)–C–C–N with tert-alkyl or cyclic N) is 1. The van der Waals surface area contributed by atoms with E-state index >= 15 is 0 Å². The highest BCUT2D eigenvalue weighted by Crippen LogP contribution is 2.33. The summed E-state index contributed by atoms with van der Waals surface area (Å²) in [6.45, 7) is 4.31. The normalized spacial score (nSPS) is 21.1. The van der Waals surface area contributed by atoms with Gasteiger partial charge in [-0.1, -0.05) is 11.6 Å². The Labute approximate surface area is 209 Å². The zero-order chi connectivity index (χ0) is 23.5. The van der Waals surface area contributed by atoms with Gasteiger partial charge in [0, 0.05) is 49.2 Å². The molecule has 2 aromatic rings. The van der Waals surface area contributed by atoms with Gasteiger partial charge in [-0.25, -0.2) is 0 Å². The van der Waals surface area contributed by atoms with Crippen LogP contribution < -0.4 is 14.8 Å². The van der Waals surface area contributed by atoms with E-state index < -0.39 is 6.10 Å². The Morgan fingerprint density at radius 1 is 1.41 bits per heavy atom. The van der Waals surface area contributed by atoms with Crippen LogP contribution in [0, 0.1) is 5.92 Å². The molecule has 0 saturated carbocycles. The quantitative estimate of drug-likeness (QED) is 0.471. The number of rotatable bonds is 8. The van der Waals surface area contributed by atoms with Gasteiger partial charge >= 0.3 is 0 Å². The van der Waals surface area contributed by atoms with Crippen LogP contribution in [0.4, 0.5) is 0 Å². The molecule has 9 heteroatoms. The number of aliphatic hydroxyl groups excluding tert-OH is 1. The first kappa shape index (κ1) is 23.5. The van der Waals surface area contributed by atoms with Crippen molar-refractivity contribution in [2.45, 2.75) is 18.9 Å². The zero-order valence-electron chi connectivity index (χ0n) is 19.2. The SMILES string of the molecule is COc1ccc2ncc(Cl)c(C(O)CN3CCCC(CNCC4=CC5=CNSN5C=C4)C3)c2c1. The number of piperidine rings is 1. The molecular weight excluding hydrogens is 470 g/mol. The summed E-state index contributed by atoms with van der Waals surface area (Å²) in [5.41, 5.74) is 3.99. The lowest BCUT2D eigenvalue weighted by Crippen LogP contribution is -2.41. The van der Waals surface area contributed by atoms with Gasteiger partial charge in [-0.3, -0.25) is 9.29 Å². The Bertz CT molecular complexity index is 1140. The molecular formula is C25H30ClN5O2S. The number of ether oxygens (including phenoxy) is 1. The van der Waals surface area contributed by atoms with Gasteiger partial charge in [-0.15, -0.1) is 0 Å². The molecule has 3 N–H and O–H groups in total. The van der Waals surface area contributed by atoms with E-state index in [4.69, 9.17) is 16.3 Å². The number of fused-ring (bicyclic) bond motifs is 2. The molecule has 2 unspecified atom stereocenters. The molecule has 3 aliphatic heterocycles. The fourth-order valence-electron chi connectivity index (χ4n) is 4.87. The minimum atomic E-state index is -0.691. The van der Waals surface area contributed by atoms with E-state index in [0.29, 0.717) is 17.5 Å². The van der Waals surface area contributed by atoms with Crippen molar-refractivity contribution < 1.29 is 9.84 Å². The van der Waals surface area contributed by atoms with E-state index in [1.807, 2.05) is 24.4 Å². The third-order valence-electron chi connectivity index (χ3n) is 6.57. The second-order valence-corrected chi connectivity index (χ2v) is 10.2. The van der Waals surface area contributed by atoms with Crippen LogP contribution in [0.2, 0.25) is 5.02 Å². The first-order chi connectivity index (χ1) is 16.6. The third kappa shape index (κ3) is 5.21. The Kier molecular flexibility index (Phi) is 7.32. The summed E-state index contributed by atoms with van der Waals surface area (Å²) in [6.07, 6.45) is 11.8. The van der Waals surface area contributed by atoms with Gasteiger partial charge in [0.2, 0.25) is 0 Å². The third-order valence-corrected chi connectivity index (χ3v) is 7.62. The van der Waals surface area contributed by atoms with Gasteiger partial charge in [0.15, 0.2) is 0 Å². The minimum absolute atomic E-state index is 0.488. The first-order valence-electron chi connectivity index (χ1n) is 11.6. The van der Waals surface area contributed by atoms with Gasteiger partial charge in [-0.2, -0.15) is 0 Å². The summed E-state index contributed by atoms with van der Waals surface area (Å²) in [5.74, 6) is 1.28. The molecule has 2 atom stereocenters. The van der Waals surface area contributed by atoms with Crippen molar-refractivity contribution in [1.29, 1.82) is 0 Å². The number of nitrogens with one attached hydrogen (secondary N) is 2. The number of hydrogen-bond donors (Lipinski definition) is 3. The molecule has 0 spiro atoms. The fraction of sp³-hybridized carbons (Fsp3) is 0.400. The molecule has 0 aliphatic carbocycles. The number of pyridine rings is 1. The van der Waals surface area contributed by atoms with E-state index in [-0.39, 0.29) is 0 Å². The summed E-state index contributed by atoms with van der Waals surface area (Å²) in [5, 5.41) is 16.1. The lowest BCUT2D eigenvalue weighted by Gasteiger charge is -2.34. The Balaban J connectivity index is 1.18. The average Bonchev–Trinajstić information content (AvgIpc) is 3.32. The predicted octanol–water partition coefficient (Wildman–Crippen LogP) is 4.00. The number of allylic oxidation sites excluding steroid dienone is 1. The second kappa shape index (κ2) is 10.6. The number of halogens is 1. The number of benzene rings is 1. The molecule has 7 nitrogen and oxygen atoms in total. The molecule has 0 amide bonds. The van der Waals surface area contributed by atoms with Crippen LogP contribution in [0.15, 0.2) is 60.2 Å². The molecule has 0 bridgehead atoms. The second-order valence-electron chi connectivity index (χ2n) is 8.96. The van der Waals surface area contributed by atoms with E-state index in [0.717, 1.165) is 54.8 Å². The Morgan fingerprint density at radius 3 is 3.21 bits per heavy atom. The maximum Gasteiger partial charge on any atom is 0.119 e. The predicted molar refractivity (Wildman–Crippen MR) is 138 cm³/mol. The lowest BCUT2D eigenvalue weighted by atomic mass is 9.96. The maximum absolute atomic E-state index is 11.2. The van der Waals surface area contributed by atoms with E-state index in [1.54, 1.807) is 25.4 Å². The van der Waals surface area contributed by atoms with Crippen molar-refractivity contribution in [2.75, 3.05) is 39.8 Å². The molecule has 34 heavy (non-hydrogen) atoms. The lowest BCUT2D eigenvalue weighted by molar-refractivity contribution is 0.0852. The van der Waals surface area contributed by atoms with Gasteiger partial charge in [0.1, 0.15) is 5.75 Å². The molecule has 1 fully saturated rings. The van der Waals surface area contributed by atoms with Gasteiger partial charge in [0.25, 0.3) is 0 Å². The van der Waals surface area contributed by atoms with Crippen molar-refractivity contribution in [3.05, 3.63) is 70.8 Å². The molecule has 180 valence electrons. The molecule has 1 aromatic heterocycles. The van der Waals surface area contributed by atoms with Crippen molar-refractivity contribution in [1.82, 2.24) is 24.2 Å². The maximum atomic E-state index is 11.2. The van der Waals surface area contributed by atoms with Crippen LogP contribution in [-0.4, -0.2) is 59.1 Å². The fourth-order valence-corrected chi connectivity index (χ4v) is 5.76. The number of nitrogens with zero attached hydrogens (tertiary/aromatic N) is 3. The number of likely N-dealkylation sites (tertiary alicyclic amines) is 1. The Hall–Kier alpha value is -2.23. The molecule has 4 heterocycles. The van der Waals surface area contributed by atoms with Crippen LogP contribution in [-0.2, 0) is 0 Å². The summed E-state index contributed by atoms with van der Waals surface area (Å²) in [7, 11) is 1.63. The van der Waals surface area contributed by atoms with E-state index in [2.05, 4.69) is 42.6 Å². The monoisotopic (exact) mass is 499 g/mol. The van der Waals surface area contributed by atoms with Gasteiger partial charge in [0.05, 0.1) is 41.6 Å². The minimum Gasteiger partial charge on any atom is -0.497 e. The van der Waals surface area contributed by atoms with Crippen molar-refractivity contribution >= 4 is 34.6 Å². The number of hydrogen-bond acceptors (Lipinski definition) is 8. The number of aromatic nitrogens is 1. The topological polar surface area (TPSA) is 72.9 Å².